The highest BCUT2D eigenvalue weighted by Gasteiger charge is 2.28. The molecular formula is C23H26N2O6. The lowest BCUT2D eigenvalue weighted by atomic mass is 9.98. The van der Waals surface area contributed by atoms with Crippen molar-refractivity contribution in [3.05, 3.63) is 59.7 Å². The summed E-state index contributed by atoms with van der Waals surface area (Å²) in [7, 11) is 0. The summed E-state index contributed by atoms with van der Waals surface area (Å²) in [5.41, 5.74) is 4.61. The highest BCUT2D eigenvalue weighted by molar-refractivity contribution is 5.79. The number of hydrogen-bond donors (Lipinski definition) is 3. The summed E-state index contributed by atoms with van der Waals surface area (Å²) in [6, 6.07) is 15.7. The number of nitrogens with one attached hydrogen (secondary N) is 2. The largest absolute Gasteiger partial charge is 0.481 e. The van der Waals surface area contributed by atoms with E-state index in [1.54, 1.807) is 6.92 Å². The number of carbonyl (C=O) groups excluding carboxylic acids is 2. The monoisotopic (exact) mass is 426 g/mol. The van der Waals surface area contributed by atoms with Crippen LogP contribution in [0.4, 0.5) is 4.79 Å². The number of carboxylic acids is 1. The predicted molar refractivity (Wildman–Crippen MR) is 114 cm³/mol. The van der Waals surface area contributed by atoms with Crippen LogP contribution < -0.4 is 10.6 Å². The van der Waals surface area contributed by atoms with Gasteiger partial charge in [0.25, 0.3) is 0 Å². The Hall–Kier alpha value is -3.39. The van der Waals surface area contributed by atoms with Crippen molar-refractivity contribution in [2.24, 2.45) is 0 Å². The lowest BCUT2D eigenvalue weighted by Crippen LogP contribution is -2.37. The maximum atomic E-state index is 12.0. The summed E-state index contributed by atoms with van der Waals surface area (Å²) in [4.78, 5) is 34.3. The quantitative estimate of drug-likeness (QED) is 0.503. The third kappa shape index (κ3) is 6.05. The van der Waals surface area contributed by atoms with Gasteiger partial charge < -0.3 is 25.2 Å². The Morgan fingerprint density at radius 1 is 1.03 bits per heavy atom. The highest BCUT2D eigenvalue weighted by atomic mass is 16.5. The molecule has 0 aliphatic heterocycles. The van der Waals surface area contributed by atoms with Crippen molar-refractivity contribution in [1.29, 1.82) is 0 Å². The molecule has 0 heterocycles. The van der Waals surface area contributed by atoms with Gasteiger partial charge >= 0.3 is 12.1 Å². The van der Waals surface area contributed by atoms with E-state index in [1.807, 2.05) is 24.3 Å². The summed E-state index contributed by atoms with van der Waals surface area (Å²) in [6.45, 7) is 1.94. The molecule has 0 radical (unpaired) electrons. The molecule has 0 aromatic heterocycles. The van der Waals surface area contributed by atoms with Crippen molar-refractivity contribution < 1.29 is 29.0 Å². The van der Waals surface area contributed by atoms with Crippen LogP contribution in [0.1, 0.15) is 30.4 Å². The maximum absolute atomic E-state index is 12.0. The highest BCUT2D eigenvalue weighted by Crippen LogP contribution is 2.44. The molecule has 164 valence electrons. The number of amides is 2. The zero-order valence-electron chi connectivity index (χ0n) is 17.3. The van der Waals surface area contributed by atoms with Crippen molar-refractivity contribution >= 4 is 18.0 Å². The lowest BCUT2D eigenvalue weighted by Gasteiger charge is -2.15. The molecule has 0 bridgehead atoms. The topological polar surface area (TPSA) is 114 Å². The Morgan fingerprint density at radius 2 is 1.65 bits per heavy atom. The number of rotatable bonds is 10. The van der Waals surface area contributed by atoms with Gasteiger partial charge in [-0.2, -0.15) is 0 Å². The Labute approximate surface area is 180 Å². The average molecular weight is 426 g/mol. The average Bonchev–Trinajstić information content (AvgIpc) is 3.05. The molecule has 1 unspecified atom stereocenters. The molecule has 1 aliphatic carbocycles. The SMILES string of the molecule is CC(CC(=O)O)NC(=O)COCCNC(=O)OCC1c2ccccc2-c2ccccc21. The van der Waals surface area contributed by atoms with Crippen LogP contribution in [0.5, 0.6) is 0 Å². The van der Waals surface area contributed by atoms with Crippen molar-refractivity contribution in [2.45, 2.75) is 25.3 Å². The van der Waals surface area contributed by atoms with E-state index < -0.39 is 24.0 Å². The Balaban J connectivity index is 1.37. The molecule has 3 N–H and O–H groups in total. The van der Waals surface area contributed by atoms with Crippen LogP contribution in [0.15, 0.2) is 48.5 Å². The van der Waals surface area contributed by atoms with E-state index in [1.165, 1.54) is 0 Å². The Bertz CT molecular complexity index is 900. The van der Waals surface area contributed by atoms with Crippen LogP contribution >= 0.6 is 0 Å². The molecular weight excluding hydrogens is 400 g/mol. The van der Waals surface area contributed by atoms with E-state index in [0.717, 1.165) is 22.3 Å². The van der Waals surface area contributed by atoms with E-state index in [0.29, 0.717) is 0 Å². The van der Waals surface area contributed by atoms with E-state index in [2.05, 4.69) is 34.9 Å². The van der Waals surface area contributed by atoms with Crippen molar-refractivity contribution in [3.63, 3.8) is 0 Å². The number of aliphatic carboxylic acids is 1. The molecule has 31 heavy (non-hydrogen) atoms. The fourth-order valence-electron chi connectivity index (χ4n) is 3.67. The number of alkyl carbamates (subject to hydrolysis) is 1. The van der Waals surface area contributed by atoms with Crippen molar-refractivity contribution in [1.82, 2.24) is 10.6 Å². The molecule has 0 saturated carbocycles. The lowest BCUT2D eigenvalue weighted by molar-refractivity contribution is -0.137. The van der Waals surface area contributed by atoms with Crippen LogP contribution in [-0.2, 0) is 19.1 Å². The minimum Gasteiger partial charge on any atom is -0.481 e. The second-order valence-electron chi connectivity index (χ2n) is 7.37. The first-order valence-corrected chi connectivity index (χ1v) is 10.1. The maximum Gasteiger partial charge on any atom is 0.407 e. The second-order valence-corrected chi connectivity index (χ2v) is 7.37. The zero-order valence-corrected chi connectivity index (χ0v) is 17.3. The Morgan fingerprint density at radius 3 is 2.26 bits per heavy atom. The molecule has 0 saturated heterocycles. The van der Waals surface area contributed by atoms with Crippen LogP contribution in [0.25, 0.3) is 11.1 Å². The summed E-state index contributed by atoms with van der Waals surface area (Å²) >= 11 is 0. The summed E-state index contributed by atoms with van der Waals surface area (Å²) in [5, 5.41) is 13.8. The van der Waals surface area contributed by atoms with Gasteiger partial charge in [-0.25, -0.2) is 4.79 Å². The fourth-order valence-corrected chi connectivity index (χ4v) is 3.67. The van der Waals surface area contributed by atoms with Gasteiger partial charge in [-0.15, -0.1) is 0 Å². The first kappa shape index (κ1) is 22.3. The Kier molecular flexibility index (Phi) is 7.61. The molecule has 3 rings (SSSR count). The number of carbonyl (C=O) groups is 3. The normalized spacial score (nSPS) is 13.1. The number of fused-ring (bicyclic) bond motifs is 3. The van der Waals surface area contributed by atoms with Gasteiger partial charge in [-0.3, -0.25) is 9.59 Å². The third-order valence-corrected chi connectivity index (χ3v) is 4.98. The van der Waals surface area contributed by atoms with Gasteiger partial charge in [0.1, 0.15) is 13.2 Å². The minimum absolute atomic E-state index is 0.00844. The minimum atomic E-state index is -0.985. The van der Waals surface area contributed by atoms with E-state index in [-0.39, 0.29) is 38.7 Å². The van der Waals surface area contributed by atoms with Crippen LogP contribution in [-0.4, -0.2) is 55.5 Å². The first-order valence-electron chi connectivity index (χ1n) is 10.1. The van der Waals surface area contributed by atoms with E-state index in [4.69, 9.17) is 14.6 Å². The van der Waals surface area contributed by atoms with Crippen LogP contribution in [0, 0.1) is 0 Å². The smallest absolute Gasteiger partial charge is 0.407 e. The summed E-state index contributed by atoms with van der Waals surface area (Å²) in [5.74, 6) is -1.40. The van der Waals surface area contributed by atoms with Gasteiger partial charge in [0.2, 0.25) is 5.91 Å². The van der Waals surface area contributed by atoms with Gasteiger partial charge in [0, 0.05) is 18.5 Å². The second kappa shape index (κ2) is 10.6. The van der Waals surface area contributed by atoms with E-state index >= 15 is 0 Å². The number of carboxylic acid groups (broad SMARTS) is 1. The standard InChI is InChI=1S/C23H26N2O6/c1-15(12-22(27)28)25-21(26)14-30-11-10-24-23(29)31-13-20-18-8-4-2-6-16(18)17-7-3-5-9-19(17)20/h2-9,15,20H,10-14H2,1H3,(H,24,29)(H,25,26)(H,27,28). The fraction of sp³-hybridized carbons (Fsp3) is 0.348. The van der Waals surface area contributed by atoms with E-state index in [9.17, 15) is 14.4 Å². The van der Waals surface area contributed by atoms with Crippen LogP contribution in [0.2, 0.25) is 0 Å². The molecule has 2 amide bonds. The first-order chi connectivity index (χ1) is 15.0. The molecule has 2 aromatic carbocycles. The molecule has 8 nitrogen and oxygen atoms in total. The van der Waals surface area contributed by atoms with Gasteiger partial charge in [0.05, 0.1) is 13.0 Å². The predicted octanol–water partition coefficient (Wildman–Crippen LogP) is 2.52. The number of hydrogen-bond acceptors (Lipinski definition) is 5. The van der Waals surface area contributed by atoms with Gasteiger partial charge in [0.15, 0.2) is 0 Å². The van der Waals surface area contributed by atoms with Crippen LogP contribution in [0.3, 0.4) is 0 Å². The molecule has 2 aromatic rings. The molecule has 0 fully saturated rings. The molecule has 0 spiro atoms. The summed E-state index contributed by atoms with van der Waals surface area (Å²) in [6.07, 6.45) is -0.709. The number of benzene rings is 2. The van der Waals surface area contributed by atoms with Gasteiger partial charge in [-0.05, 0) is 29.2 Å². The number of ether oxygens (including phenoxy) is 2. The molecule has 1 aliphatic rings. The van der Waals surface area contributed by atoms with Crippen molar-refractivity contribution in [2.75, 3.05) is 26.4 Å². The van der Waals surface area contributed by atoms with Crippen molar-refractivity contribution in [3.8, 4) is 11.1 Å². The summed E-state index contributed by atoms with van der Waals surface area (Å²) < 4.78 is 10.6. The molecule has 1 atom stereocenters. The zero-order chi connectivity index (χ0) is 22.2. The molecule has 8 heteroatoms. The van der Waals surface area contributed by atoms with Gasteiger partial charge in [-0.1, -0.05) is 48.5 Å². The third-order valence-electron chi connectivity index (χ3n) is 4.98.